The first-order valence-electron chi connectivity index (χ1n) is 8.42. The molecule has 0 aliphatic rings. The van der Waals surface area contributed by atoms with Gasteiger partial charge in [0.1, 0.15) is 17.3 Å². The number of ether oxygens (including phenoxy) is 2. The summed E-state index contributed by atoms with van der Waals surface area (Å²) in [5, 5.41) is 11.1. The first-order valence-corrected chi connectivity index (χ1v) is 11.2. The van der Waals surface area contributed by atoms with Gasteiger partial charge in [-0.2, -0.15) is 0 Å². The molecular weight excluding hydrogens is 433 g/mol. The van der Waals surface area contributed by atoms with Crippen LogP contribution in [0.1, 0.15) is 5.56 Å². The van der Waals surface area contributed by atoms with Gasteiger partial charge in [0.2, 0.25) is 5.91 Å². The van der Waals surface area contributed by atoms with Gasteiger partial charge in [-0.1, -0.05) is 47.0 Å². The van der Waals surface area contributed by atoms with Gasteiger partial charge in [0.15, 0.2) is 8.68 Å². The van der Waals surface area contributed by atoms with E-state index in [2.05, 4.69) is 15.5 Å². The minimum Gasteiger partial charge on any atom is -0.497 e. The van der Waals surface area contributed by atoms with Crippen LogP contribution in [0.25, 0.3) is 0 Å². The second-order valence-corrected chi connectivity index (χ2v) is 9.11. The molecule has 0 spiro atoms. The average molecular weight is 452 g/mol. The zero-order valence-corrected chi connectivity index (χ0v) is 18.1. The Kier molecular flexibility index (Phi) is 7.73. The summed E-state index contributed by atoms with van der Waals surface area (Å²) in [5.41, 5.74) is 1.61. The van der Waals surface area contributed by atoms with Crippen molar-refractivity contribution in [3.63, 3.8) is 0 Å². The summed E-state index contributed by atoms with van der Waals surface area (Å²) in [6.45, 7) is 0. The van der Waals surface area contributed by atoms with Crippen LogP contribution in [0.3, 0.4) is 0 Å². The molecule has 0 saturated carbocycles. The first kappa shape index (κ1) is 21.4. The maximum Gasteiger partial charge on any atom is 0.234 e. The molecule has 0 bridgehead atoms. The summed E-state index contributed by atoms with van der Waals surface area (Å²) in [5.74, 6) is 1.66. The number of hydrogen-bond donors (Lipinski definition) is 1. The summed E-state index contributed by atoms with van der Waals surface area (Å²) < 4.78 is 24.9. The lowest BCUT2D eigenvalue weighted by molar-refractivity contribution is -0.113. The Labute approximate surface area is 180 Å². The molecule has 0 unspecified atom stereocenters. The fourth-order valence-corrected chi connectivity index (χ4v) is 5.02. The molecule has 0 saturated heterocycles. The molecule has 1 N–H and O–H groups in total. The summed E-state index contributed by atoms with van der Waals surface area (Å²) >= 11 is 4.27. The van der Waals surface area contributed by atoms with Crippen molar-refractivity contribution in [1.82, 2.24) is 10.2 Å². The molecule has 0 fully saturated rings. The molecule has 0 aliphatic carbocycles. The quantitative estimate of drug-likeness (QED) is 0.472. The Morgan fingerprint density at radius 3 is 2.28 bits per heavy atom. The summed E-state index contributed by atoms with van der Waals surface area (Å²) in [7, 11) is 3.11. The van der Waals surface area contributed by atoms with E-state index < -0.39 is 0 Å². The number of nitrogens with zero attached hydrogens (tertiary/aromatic N) is 2. The Morgan fingerprint density at radius 2 is 1.66 bits per heavy atom. The van der Waals surface area contributed by atoms with Gasteiger partial charge in [0.05, 0.1) is 20.0 Å². The van der Waals surface area contributed by atoms with Crippen molar-refractivity contribution in [3.05, 3.63) is 53.8 Å². The number of thioether (sulfide) groups is 2. The lowest BCUT2D eigenvalue weighted by Crippen LogP contribution is -2.14. The molecule has 0 atom stereocenters. The van der Waals surface area contributed by atoms with Crippen LogP contribution in [-0.4, -0.2) is 36.1 Å². The van der Waals surface area contributed by atoms with Gasteiger partial charge in [0, 0.05) is 29.6 Å². The molecule has 3 rings (SSSR count). The van der Waals surface area contributed by atoms with E-state index in [1.165, 1.54) is 47.0 Å². The van der Waals surface area contributed by atoms with Crippen molar-refractivity contribution in [2.75, 3.05) is 25.3 Å². The topological polar surface area (TPSA) is 73.3 Å². The fraction of sp³-hybridized carbons (Fsp3) is 0.211. The zero-order valence-electron chi connectivity index (χ0n) is 15.7. The maximum absolute atomic E-state index is 12.9. The van der Waals surface area contributed by atoms with Gasteiger partial charge in [-0.3, -0.25) is 4.79 Å². The Morgan fingerprint density at radius 1 is 1.03 bits per heavy atom. The van der Waals surface area contributed by atoms with E-state index in [1.54, 1.807) is 44.6 Å². The van der Waals surface area contributed by atoms with Crippen LogP contribution >= 0.6 is 34.9 Å². The van der Waals surface area contributed by atoms with Crippen molar-refractivity contribution in [3.8, 4) is 11.5 Å². The molecular formula is C19H18FN3O3S3. The average Bonchev–Trinajstić information content (AvgIpc) is 3.19. The summed E-state index contributed by atoms with van der Waals surface area (Å²) in [6, 6.07) is 11.5. The van der Waals surface area contributed by atoms with E-state index in [0.717, 1.165) is 9.90 Å². The molecule has 152 valence electrons. The molecule has 2 aromatic carbocycles. The van der Waals surface area contributed by atoms with E-state index in [4.69, 9.17) is 9.47 Å². The molecule has 1 heterocycles. The van der Waals surface area contributed by atoms with Crippen LogP contribution in [0.15, 0.2) is 51.1 Å². The molecule has 6 nitrogen and oxygen atoms in total. The number of amides is 1. The summed E-state index contributed by atoms with van der Waals surface area (Å²) in [6.07, 6.45) is 0. The number of carbonyl (C=O) groups excluding carboxylic acids is 1. The highest BCUT2D eigenvalue weighted by Crippen LogP contribution is 2.31. The third-order valence-electron chi connectivity index (χ3n) is 3.63. The molecule has 29 heavy (non-hydrogen) atoms. The van der Waals surface area contributed by atoms with Gasteiger partial charge in [0.25, 0.3) is 0 Å². The predicted octanol–water partition coefficient (Wildman–Crippen LogP) is 4.72. The summed E-state index contributed by atoms with van der Waals surface area (Å²) in [4.78, 5) is 12.2. The van der Waals surface area contributed by atoms with Crippen molar-refractivity contribution < 1.29 is 18.7 Å². The molecule has 0 aliphatic heterocycles. The molecule has 1 aromatic heterocycles. The Bertz CT molecular complexity index is 945. The number of anilines is 1. The van der Waals surface area contributed by atoms with Crippen LogP contribution in [-0.2, 0) is 10.5 Å². The minimum absolute atomic E-state index is 0.166. The van der Waals surface area contributed by atoms with Gasteiger partial charge >= 0.3 is 0 Å². The van der Waals surface area contributed by atoms with Crippen LogP contribution in [0.5, 0.6) is 11.5 Å². The number of nitrogens with one attached hydrogen (secondary N) is 1. The normalized spacial score (nSPS) is 10.6. The molecule has 1 amide bonds. The van der Waals surface area contributed by atoms with Gasteiger partial charge in [-0.15, -0.1) is 10.2 Å². The van der Waals surface area contributed by atoms with Crippen molar-refractivity contribution in [2.24, 2.45) is 0 Å². The number of hydrogen-bond acceptors (Lipinski definition) is 8. The number of benzene rings is 2. The predicted molar refractivity (Wildman–Crippen MR) is 115 cm³/mol. The van der Waals surface area contributed by atoms with E-state index in [0.29, 0.717) is 27.3 Å². The third kappa shape index (κ3) is 6.62. The van der Waals surface area contributed by atoms with Crippen LogP contribution < -0.4 is 14.8 Å². The highest BCUT2D eigenvalue weighted by Gasteiger charge is 2.10. The maximum atomic E-state index is 12.9. The first-order chi connectivity index (χ1) is 14.1. The fourth-order valence-electron chi connectivity index (χ4n) is 2.24. The second kappa shape index (κ2) is 10.5. The monoisotopic (exact) mass is 451 g/mol. The lowest BCUT2D eigenvalue weighted by atomic mass is 10.2. The van der Waals surface area contributed by atoms with E-state index >= 15 is 0 Å². The van der Waals surface area contributed by atoms with Gasteiger partial charge in [-0.25, -0.2) is 4.39 Å². The minimum atomic E-state index is -0.251. The highest BCUT2D eigenvalue weighted by molar-refractivity contribution is 8.03. The van der Waals surface area contributed by atoms with Crippen molar-refractivity contribution in [2.45, 2.75) is 14.4 Å². The van der Waals surface area contributed by atoms with Gasteiger partial charge < -0.3 is 14.8 Å². The van der Waals surface area contributed by atoms with Gasteiger partial charge in [-0.05, 0) is 17.7 Å². The Balaban J connectivity index is 1.49. The van der Waals surface area contributed by atoms with Crippen molar-refractivity contribution >= 4 is 46.5 Å². The number of halogens is 1. The zero-order chi connectivity index (χ0) is 20.6. The highest BCUT2D eigenvalue weighted by atomic mass is 32.2. The SMILES string of the molecule is COc1cc(NC(=O)CSc2nnc(SCc3ccc(F)cc3)s2)cc(OC)c1. The molecule has 0 radical (unpaired) electrons. The second-order valence-electron chi connectivity index (χ2n) is 5.69. The molecule has 10 heteroatoms. The smallest absolute Gasteiger partial charge is 0.234 e. The number of aromatic nitrogens is 2. The molecule has 3 aromatic rings. The lowest BCUT2D eigenvalue weighted by Gasteiger charge is -2.09. The van der Waals surface area contributed by atoms with Crippen LogP contribution in [0, 0.1) is 5.82 Å². The van der Waals surface area contributed by atoms with E-state index in [1.807, 2.05) is 0 Å². The largest absolute Gasteiger partial charge is 0.497 e. The van der Waals surface area contributed by atoms with E-state index in [-0.39, 0.29) is 17.5 Å². The van der Waals surface area contributed by atoms with Crippen LogP contribution in [0.4, 0.5) is 10.1 Å². The van der Waals surface area contributed by atoms with Crippen molar-refractivity contribution in [1.29, 1.82) is 0 Å². The number of rotatable bonds is 9. The Hall–Kier alpha value is -2.30. The van der Waals surface area contributed by atoms with Crippen LogP contribution in [0.2, 0.25) is 0 Å². The third-order valence-corrected chi connectivity index (χ3v) is 6.89. The van der Waals surface area contributed by atoms with E-state index in [9.17, 15) is 9.18 Å². The standard InChI is InChI=1S/C19H18FN3O3S3/c1-25-15-7-14(8-16(9-15)26-2)21-17(24)11-28-19-23-22-18(29-19)27-10-12-3-5-13(20)6-4-12/h3-9H,10-11H2,1-2H3,(H,21,24). The number of methoxy groups -OCH3 is 2. The number of carbonyl (C=O) groups is 1.